The van der Waals surface area contributed by atoms with Gasteiger partial charge in [0, 0.05) is 23.6 Å². The second kappa shape index (κ2) is 6.72. The third kappa shape index (κ3) is 3.15. The van der Waals surface area contributed by atoms with Crippen LogP contribution in [0.25, 0.3) is 16.9 Å². The summed E-state index contributed by atoms with van der Waals surface area (Å²) in [5.41, 5.74) is 3.99. The number of nitrogens with one attached hydrogen (secondary N) is 1. The van der Waals surface area contributed by atoms with Crippen molar-refractivity contribution in [2.24, 2.45) is 0 Å². The third-order valence-electron chi connectivity index (χ3n) is 4.13. The number of fused-ring (bicyclic) bond motifs is 1. The van der Waals surface area contributed by atoms with Crippen molar-refractivity contribution in [3.63, 3.8) is 0 Å². The van der Waals surface area contributed by atoms with Gasteiger partial charge in [-0.05, 0) is 36.4 Å². The Morgan fingerprint density at radius 2 is 1.73 bits per heavy atom. The maximum absolute atomic E-state index is 12.5. The van der Waals surface area contributed by atoms with E-state index in [1.165, 1.54) is 0 Å². The Kier molecular flexibility index (Phi) is 4.11. The molecule has 0 aliphatic carbocycles. The first-order valence-electron chi connectivity index (χ1n) is 8.22. The number of amides is 1. The van der Waals surface area contributed by atoms with E-state index in [1.807, 2.05) is 47.0 Å². The van der Waals surface area contributed by atoms with Crippen molar-refractivity contribution in [2.45, 2.75) is 0 Å². The highest BCUT2D eigenvalue weighted by molar-refractivity contribution is 6.04. The number of anilines is 1. The Morgan fingerprint density at radius 1 is 0.962 bits per heavy atom. The van der Waals surface area contributed by atoms with Crippen LogP contribution < -0.4 is 10.1 Å². The molecule has 0 radical (unpaired) electrons. The number of carbonyl (C=O) groups excluding carboxylic acids is 1. The van der Waals surface area contributed by atoms with E-state index in [1.54, 1.807) is 43.6 Å². The van der Waals surface area contributed by atoms with Gasteiger partial charge < -0.3 is 14.5 Å². The molecule has 0 aliphatic rings. The van der Waals surface area contributed by atoms with Gasteiger partial charge >= 0.3 is 0 Å². The highest BCUT2D eigenvalue weighted by atomic mass is 16.5. The maximum atomic E-state index is 12.5. The Morgan fingerprint density at radius 3 is 2.46 bits per heavy atom. The predicted molar refractivity (Wildman–Crippen MR) is 102 cm³/mol. The minimum atomic E-state index is -0.174. The number of hydrogen-bond donors (Lipinski definition) is 1. The molecule has 0 aliphatic heterocycles. The zero-order chi connectivity index (χ0) is 17.9. The summed E-state index contributed by atoms with van der Waals surface area (Å²) in [4.78, 5) is 17.1. The zero-order valence-corrected chi connectivity index (χ0v) is 14.2. The quantitative estimate of drug-likeness (QED) is 0.602. The van der Waals surface area contributed by atoms with Crippen LogP contribution in [-0.2, 0) is 0 Å². The van der Waals surface area contributed by atoms with E-state index in [0.29, 0.717) is 11.3 Å². The van der Waals surface area contributed by atoms with Crippen LogP contribution in [0.2, 0.25) is 0 Å². The molecule has 5 heteroatoms. The topological polar surface area (TPSA) is 55.6 Å². The third-order valence-corrected chi connectivity index (χ3v) is 4.13. The van der Waals surface area contributed by atoms with E-state index >= 15 is 0 Å². The van der Waals surface area contributed by atoms with Crippen LogP contribution in [0.1, 0.15) is 10.4 Å². The molecule has 5 nitrogen and oxygen atoms in total. The van der Waals surface area contributed by atoms with Crippen LogP contribution in [0, 0.1) is 0 Å². The van der Waals surface area contributed by atoms with Crippen LogP contribution in [0.3, 0.4) is 0 Å². The molecule has 4 rings (SSSR count). The summed E-state index contributed by atoms with van der Waals surface area (Å²) < 4.78 is 6.99. The summed E-state index contributed by atoms with van der Waals surface area (Å²) >= 11 is 0. The van der Waals surface area contributed by atoms with E-state index in [4.69, 9.17) is 4.74 Å². The average molecular weight is 343 g/mol. The van der Waals surface area contributed by atoms with Crippen molar-refractivity contribution >= 4 is 17.2 Å². The fourth-order valence-electron chi connectivity index (χ4n) is 2.75. The molecule has 0 atom stereocenters. The monoisotopic (exact) mass is 343 g/mol. The number of aromatic nitrogens is 2. The molecule has 0 fully saturated rings. The first-order chi connectivity index (χ1) is 12.7. The number of benzene rings is 2. The van der Waals surface area contributed by atoms with E-state index < -0.39 is 0 Å². The van der Waals surface area contributed by atoms with Crippen LogP contribution in [0.5, 0.6) is 5.75 Å². The summed E-state index contributed by atoms with van der Waals surface area (Å²) in [6, 6.07) is 20.8. The summed E-state index contributed by atoms with van der Waals surface area (Å²) in [5, 5.41) is 2.88. The van der Waals surface area contributed by atoms with Crippen molar-refractivity contribution in [1.82, 2.24) is 9.38 Å². The molecule has 2 heterocycles. The average Bonchev–Trinajstić information content (AvgIpc) is 3.12. The fourth-order valence-corrected chi connectivity index (χ4v) is 2.75. The predicted octanol–water partition coefficient (Wildman–Crippen LogP) is 4.26. The van der Waals surface area contributed by atoms with Gasteiger partial charge in [-0.3, -0.25) is 4.79 Å². The van der Waals surface area contributed by atoms with Gasteiger partial charge in [0.05, 0.1) is 18.4 Å². The number of hydrogen-bond acceptors (Lipinski definition) is 3. The lowest BCUT2D eigenvalue weighted by molar-refractivity contribution is 0.102. The highest BCUT2D eigenvalue weighted by Crippen LogP contribution is 2.20. The first-order valence-corrected chi connectivity index (χ1v) is 8.22. The van der Waals surface area contributed by atoms with E-state index in [-0.39, 0.29) is 5.91 Å². The molecule has 4 aromatic rings. The Bertz CT molecular complexity index is 1050. The summed E-state index contributed by atoms with van der Waals surface area (Å²) in [6.45, 7) is 0. The molecular weight excluding hydrogens is 326 g/mol. The van der Waals surface area contributed by atoms with Crippen molar-refractivity contribution in [1.29, 1.82) is 0 Å². The van der Waals surface area contributed by atoms with Gasteiger partial charge in [0.25, 0.3) is 5.91 Å². The number of rotatable bonds is 4. The Labute approximate surface area is 150 Å². The van der Waals surface area contributed by atoms with Crippen molar-refractivity contribution in [3.8, 4) is 17.0 Å². The highest BCUT2D eigenvalue weighted by Gasteiger charge is 2.09. The van der Waals surface area contributed by atoms with Gasteiger partial charge in [0.15, 0.2) is 0 Å². The lowest BCUT2D eigenvalue weighted by Crippen LogP contribution is -2.12. The standard InChI is InChI=1S/C21H17N3O2/c1-26-18-10-8-17(9-11-18)22-21(25)16-7-12-20-23-19(14-24(20)13-16)15-5-3-2-4-6-15/h2-14H,1H3,(H,22,25). The number of carbonyl (C=O) groups is 1. The lowest BCUT2D eigenvalue weighted by Gasteiger charge is -2.06. The zero-order valence-electron chi connectivity index (χ0n) is 14.2. The molecule has 0 saturated heterocycles. The molecule has 128 valence electrons. The summed E-state index contributed by atoms with van der Waals surface area (Å²) in [5.74, 6) is 0.573. The van der Waals surface area contributed by atoms with Gasteiger partial charge in [-0.25, -0.2) is 4.98 Å². The molecule has 26 heavy (non-hydrogen) atoms. The molecule has 2 aromatic carbocycles. The van der Waals surface area contributed by atoms with E-state index in [0.717, 1.165) is 22.7 Å². The molecule has 2 aromatic heterocycles. The second-order valence-corrected chi connectivity index (χ2v) is 5.86. The minimum Gasteiger partial charge on any atom is -0.497 e. The largest absolute Gasteiger partial charge is 0.497 e. The summed E-state index contributed by atoms with van der Waals surface area (Å²) in [6.07, 6.45) is 3.71. The SMILES string of the molecule is COc1ccc(NC(=O)c2ccc3nc(-c4ccccc4)cn3c2)cc1. The van der Waals surface area contributed by atoms with Gasteiger partial charge in [-0.1, -0.05) is 30.3 Å². The van der Waals surface area contributed by atoms with Crippen LogP contribution in [-0.4, -0.2) is 22.4 Å². The smallest absolute Gasteiger partial charge is 0.257 e. The van der Waals surface area contributed by atoms with Crippen molar-refractivity contribution < 1.29 is 9.53 Å². The number of ether oxygens (including phenoxy) is 1. The maximum Gasteiger partial charge on any atom is 0.257 e. The molecular formula is C21H17N3O2. The fraction of sp³-hybridized carbons (Fsp3) is 0.0476. The minimum absolute atomic E-state index is 0.174. The Balaban J connectivity index is 1.59. The van der Waals surface area contributed by atoms with Crippen molar-refractivity contribution in [2.75, 3.05) is 12.4 Å². The van der Waals surface area contributed by atoms with Crippen molar-refractivity contribution in [3.05, 3.63) is 84.7 Å². The van der Waals surface area contributed by atoms with Crippen LogP contribution >= 0.6 is 0 Å². The first kappa shape index (κ1) is 15.9. The molecule has 1 N–H and O–H groups in total. The van der Waals surface area contributed by atoms with Crippen LogP contribution in [0.4, 0.5) is 5.69 Å². The van der Waals surface area contributed by atoms with Gasteiger partial charge in [0.1, 0.15) is 11.4 Å². The molecule has 1 amide bonds. The number of imidazole rings is 1. The Hall–Kier alpha value is -3.60. The number of pyridine rings is 1. The lowest BCUT2D eigenvalue weighted by atomic mass is 10.2. The molecule has 0 spiro atoms. The number of nitrogens with zero attached hydrogens (tertiary/aromatic N) is 2. The summed E-state index contributed by atoms with van der Waals surface area (Å²) in [7, 11) is 1.61. The van der Waals surface area contributed by atoms with Gasteiger partial charge in [0.2, 0.25) is 0 Å². The molecule has 0 unspecified atom stereocenters. The van der Waals surface area contributed by atoms with E-state index in [9.17, 15) is 4.79 Å². The molecule has 0 saturated carbocycles. The van der Waals surface area contributed by atoms with Gasteiger partial charge in [-0.2, -0.15) is 0 Å². The molecule has 0 bridgehead atoms. The van der Waals surface area contributed by atoms with E-state index in [2.05, 4.69) is 10.3 Å². The van der Waals surface area contributed by atoms with Gasteiger partial charge in [-0.15, -0.1) is 0 Å². The second-order valence-electron chi connectivity index (χ2n) is 5.86. The number of methoxy groups -OCH3 is 1. The van der Waals surface area contributed by atoms with Crippen LogP contribution in [0.15, 0.2) is 79.1 Å². The normalized spacial score (nSPS) is 10.7.